The summed E-state index contributed by atoms with van der Waals surface area (Å²) in [6, 6.07) is 66.8. The standard InChI is InChI=1S/C48H30N2S/c1-3-13-31(14-4-1)39-29-41-36-18-8-11-21-44(36)50(34-24-26-48-42(28-34)38-19-9-12-22-47(38)51-48)46(41)30-40(39)32-23-25-37-35-17-7-10-20-43(35)49(45(37)27-32)33-15-5-2-6-16-33/h1-30H. The van der Waals surface area contributed by atoms with E-state index in [-0.39, 0.29) is 0 Å². The Morgan fingerprint density at radius 3 is 1.65 bits per heavy atom. The Balaban J connectivity index is 1.23. The molecule has 0 bridgehead atoms. The van der Waals surface area contributed by atoms with Crippen molar-refractivity contribution in [2.75, 3.05) is 0 Å². The number of hydrogen-bond donors (Lipinski definition) is 0. The highest BCUT2D eigenvalue weighted by molar-refractivity contribution is 7.25. The molecule has 0 spiro atoms. The van der Waals surface area contributed by atoms with Gasteiger partial charge in [0.15, 0.2) is 0 Å². The summed E-state index contributed by atoms with van der Waals surface area (Å²) in [4.78, 5) is 0. The summed E-state index contributed by atoms with van der Waals surface area (Å²) < 4.78 is 7.51. The van der Waals surface area contributed by atoms with Crippen LogP contribution in [0.15, 0.2) is 182 Å². The summed E-state index contributed by atoms with van der Waals surface area (Å²) >= 11 is 1.86. The summed E-state index contributed by atoms with van der Waals surface area (Å²) in [5, 5.41) is 7.65. The van der Waals surface area contributed by atoms with E-state index in [1.807, 2.05) is 11.3 Å². The minimum absolute atomic E-state index is 1.16. The van der Waals surface area contributed by atoms with E-state index < -0.39 is 0 Å². The molecule has 0 aliphatic carbocycles. The second kappa shape index (κ2) is 11.0. The van der Waals surface area contributed by atoms with Crippen LogP contribution in [-0.4, -0.2) is 9.13 Å². The van der Waals surface area contributed by atoms with Crippen molar-refractivity contribution in [2.24, 2.45) is 0 Å². The average Bonchev–Trinajstić information content (AvgIpc) is 3.85. The largest absolute Gasteiger partial charge is 0.309 e. The molecule has 0 aliphatic rings. The molecule has 0 saturated heterocycles. The van der Waals surface area contributed by atoms with Crippen LogP contribution in [0.25, 0.3) is 97.4 Å². The number of nitrogens with zero attached hydrogens (tertiary/aromatic N) is 2. The van der Waals surface area contributed by atoms with Gasteiger partial charge in [-0.1, -0.05) is 115 Å². The Bertz CT molecular complexity index is 3130. The second-order valence-electron chi connectivity index (χ2n) is 13.3. The zero-order valence-electron chi connectivity index (χ0n) is 27.6. The molecule has 8 aromatic carbocycles. The molecule has 238 valence electrons. The van der Waals surface area contributed by atoms with Crippen LogP contribution in [0.5, 0.6) is 0 Å². The number of aromatic nitrogens is 2. The van der Waals surface area contributed by atoms with E-state index in [2.05, 4.69) is 191 Å². The number of thiophene rings is 1. The number of benzene rings is 8. The number of rotatable bonds is 4. The molecule has 0 aliphatic heterocycles. The van der Waals surface area contributed by atoms with Gasteiger partial charge >= 0.3 is 0 Å². The van der Waals surface area contributed by atoms with E-state index in [1.54, 1.807) is 0 Å². The minimum atomic E-state index is 1.16. The fourth-order valence-electron chi connectivity index (χ4n) is 8.24. The Kier molecular flexibility index (Phi) is 6.16. The predicted octanol–water partition coefficient (Wildman–Crippen LogP) is 13.6. The molecule has 2 nitrogen and oxygen atoms in total. The van der Waals surface area contributed by atoms with Crippen LogP contribution in [0.2, 0.25) is 0 Å². The first-order valence-corrected chi connectivity index (χ1v) is 18.3. The molecule has 51 heavy (non-hydrogen) atoms. The van der Waals surface area contributed by atoms with E-state index >= 15 is 0 Å². The number of fused-ring (bicyclic) bond motifs is 9. The molecule has 11 aromatic rings. The highest BCUT2D eigenvalue weighted by atomic mass is 32.1. The molecule has 0 atom stereocenters. The summed E-state index contributed by atoms with van der Waals surface area (Å²) in [6.07, 6.45) is 0. The fraction of sp³-hybridized carbons (Fsp3) is 0. The van der Waals surface area contributed by atoms with Crippen LogP contribution >= 0.6 is 11.3 Å². The van der Waals surface area contributed by atoms with Crippen LogP contribution in [0.3, 0.4) is 0 Å². The van der Waals surface area contributed by atoms with Crippen LogP contribution in [0, 0.1) is 0 Å². The van der Waals surface area contributed by atoms with Crippen LogP contribution in [0.4, 0.5) is 0 Å². The zero-order chi connectivity index (χ0) is 33.5. The third kappa shape index (κ3) is 4.29. The molecule has 3 aromatic heterocycles. The summed E-state index contributed by atoms with van der Waals surface area (Å²) in [7, 11) is 0. The molecule has 0 fully saturated rings. The summed E-state index contributed by atoms with van der Waals surface area (Å²) in [5.41, 5.74) is 12.0. The van der Waals surface area contributed by atoms with Crippen molar-refractivity contribution in [1.29, 1.82) is 0 Å². The van der Waals surface area contributed by atoms with Gasteiger partial charge in [0.2, 0.25) is 0 Å². The molecule has 0 unspecified atom stereocenters. The monoisotopic (exact) mass is 666 g/mol. The van der Waals surface area contributed by atoms with Gasteiger partial charge in [0.1, 0.15) is 0 Å². The maximum Gasteiger partial charge on any atom is 0.0547 e. The Morgan fingerprint density at radius 2 is 0.863 bits per heavy atom. The first-order valence-electron chi connectivity index (χ1n) is 17.4. The van der Waals surface area contributed by atoms with Crippen molar-refractivity contribution in [3.63, 3.8) is 0 Å². The van der Waals surface area contributed by atoms with Crippen molar-refractivity contribution < 1.29 is 0 Å². The van der Waals surface area contributed by atoms with E-state index in [4.69, 9.17) is 0 Å². The number of para-hydroxylation sites is 3. The fourth-order valence-corrected chi connectivity index (χ4v) is 9.32. The van der Waals surface area contributed by atoms with Gasteiger partial charge in [-0.2, -0.15) is 0 Å². The maximum absolute atomic E-state index is 2.47. The Morgan fingerprint density at radius 1 is 0.294 bits per heavy atom. The van der Waals surface area contributed by atoms with Gasteiger partial charge in [-0.15, -0.1) is 11.3 Å². The number of hydrogen-bond acceptors (Lipinski definition) is 1. The smallest absolute Gasteiger partial charge is 0.0547 e. The first-order chi connectivity index (χ1) is 25.3. The lowest BCUT2D eigenvalue weighted by atomic mass is 9.92. The lowest BCUT2D eigenvalue weighted by molar-refractivity contribution is 1.18. The van der Waals surface area contributed by atoms with Gasteiger partial charge < -0.3 is 9.13 Å². The molecule has 0 amide bonds. The zero-order valence-corrected chi connectivity index (χ0v) is 28.4. The predicted molar refractivity (Wildman–Crippen MR) is 219 cm³/mol. The molecule has 0 saturated carbocycles. The third-order valence-electron chi connectivity index (χ3n) is 10.5. The maximum atomic E-state index is 2.47. The molecule has 0 N–H and O–H groups in total. The van der Waals surface area contributed by atoms with Crippen molar-refractivity contribution >= 4 is 75.1 Å². The third-order valence-corrected chi connectivity index (χ3v) is 11.7. The van der Waals surface area contributed by atoms with Gasteiger partial charge in [0.25, 0.3) is 0 Å². The lowest BCUT2D eigenvalue weighted by Crippen LogP contribution is -1.95. The molecular formula is C48H30N2S. The van der Waals surface area contributed by atoms with Crippen molar-refractivity contribution in [3.8, 4) is 33.6 Å². The van der Waals surface area contributed by atoms with Crippen molar-refractivity contribution in [2.45, 2.75) is 0 Å². The lowest BCUT2D eigenvalue weighted by Gasteiger charge is -2.15. The van der Waals surface area contributed by atoms with Crippen molar-refractivity contribution in [3.05, 3.63) is 182 Å². The molecule has 3 heterocycles. The van der Waals surface area contributed by atoms with E-state index in [1.165, 1.54) is 91.7 Å². The van der Waals surface area contributed by atoms with Crippen LogP contribution < -0.4 is 0 Å². The van der Waals surface area contributed by atoms with Gasteiger partial charge in [-0.05, 0) is 89.0 Å². The summed E-state index contributed by atoms with van der Waals surface area (Å²) in [6.45, 7) is 0. The van der Waals surface area contributed by atoms with Gasteiger partial charge in [0.05, 0.1) is 22.1 Å². The van der Waals surface area contributed by atoms with E-state index in [0.29, 0.717) is 0 Å². The van der Waals surface area contributed by atoms with E-state index in [9.17, 15) is 0 Å². The average molecular weight is 667 g/mol. The van der Waals surface area contributed by atoms with Gasteiger partial charge in [-0.3, -0.25) is 0 Å². The summed E-state index contributed by atoms with van der Waals surface area (Å²) in [5.74, 6) is 0. The Hall–Kier alpha value is -6.42. The van der Waals surface area contributed by atoms with E-state index in [0.717, 1.165) is 5.69 Å². The van der Waals surface area contributed by atoms with Crippen LogP contribution in [0.1, 0.15) is 0 Å². The topological polar surface area (TPSA) is 9.86 Å². The van der Waals surface area contributed by atoms with Gasteiger partial charge in [-0.25, -0.2) is 0 Å². The molecule has 11 rings (SSSR count). The quantitative estimate of drug-likeness (QED) is 0.177. The normalized spacial score (nSPS) is 11.9. The van der Waals surface area contributed by atoms with Crippen molar-refractivity contribution in [1.82, 2.24) is 9.13 Å². The van der Waals surface area contributed by atoms with Gasteiger partial charge in [0, 0.05) is 53.1 Å². The minimum Gasteiger partial charge on any atom is -0.309 e. The van der Waals surface area contributed by atoms with Crippen LogP contribution in [-0.2, 0) is 0 Å². The molecular weight excluding hydrogens is 637 g/mol. The Labute approximate surface area is 298 Å². The second-order valence-corrected chi connectivity index (χ2v) is 14.4. The highest BCUT2D eigenvalue weighted by Gasteiger charge is 2.20. The SMILES string of the molecule is c1ccc(-c2cc3c4ccccc4n(-c4ccc5sc6ccccc6c5c4)c3cc2-c2ccc3c4ccccc4n(-c4ccccc4)c3c2)cc1. The molecule has 3 heteroatoms. The first kappa shape index (κ1) is 28.4. The molecule has 0 radical (unpaired) electrons. The highest BCUT2D eigenvalue weighted by Crippen LogP contribution is 2.43.